The maximum Gasteiger partial charge on any atom is 0.338 e. The number of aromatic carboxylic acids is 1. The topological polar surface area (TPSA) is 142 Å². The molecule has 0 saturated carbocycles. The smallest absolute Gasteiger partial charge is 0.338 e. The fourth-order valence-corrected chi connectivity index (χ4v) is 5.45. The molecule has 1 N–H and O–H groups in total. The van der Waals surface area contributed by atoms with E-state index in [1.54, 1.807) is 36.6 Å². The van der Waals surface area contributed by atoms with Gasteiger partial charge in [-0.15, -0.1) is 11.3 Å². The fraction of sp³-hybridized carbons (Fsp3) is 0.111. The van der Waals surface area contributed by atoms with Crippen molar-refractivity contribution < 1.29 is 14.6 Å². The van der Waals surface area contributed by atoms with E-state index in [9.17, 15) is 25.2 Å². The maximum absolute atomic E-state index is 13.3. The lowest BCUT2D eigenvalue weighted by Crippen LogP contribution is -2.27. The van der Waals surface area contributed by atoms with E-state index in [2.05, 4.69) is 9.97 Å². The van der Waals surface area contributed by atoms with E-state index in [1.807, 2.05) is 12.1 Å². The second-order valence-corrected chi connectivity index (χ2v) is 9.55. The first kappa shape index (κ1) is 24.9. The molecular formula is C27H16ClN5O4S. The van der Waals surface area contributed by atoms with Crippen molar-refractivity contribution in [2.45, 2.75) is 13.5 Å². The van der Waals surface area contributed by atoms with Gasteiger partial charge in [0.05, 0.1) is 50.4 Å². The van der Waals surface area contributed by atoms with Crippen LogP contribution < -0.4 is 10.3 Å². The Morgan fingerprint density at radius 1 is 1.18 bits per heavy atom. The highest BCUT2D eigenvalue weighted by Gasteiger charge is 2.18. The van der Waals surface area contributed by atoms with Crippen LogP contribution in [0, 0.1) is 29.6 Å². The predicted octanol–water partition coefficient (Wildman–Crippen LogP) is 5.16. The largest absolute Gasteiger partial charge is 0.491 e. The zero-order valence-electron chi connectivity index (χ0n) is 19.7. The van der Waals surface area contributed by atoms with Crippen LogP contribution in [0.4, 0.5) is 0 Å². The van der Waals surface area contributed by atoms with Crippen molar-refractivity contribution in [1.82, 2.24) is 14.5 Å². The molecule has 5 aromatic rings. The number of nitrogens with zero attached hydrogens (tertiary/aromatic N) is 5. The molecule has 0 fully saturated rings. The summed E-state index contributed by atoms with van der Waals surface area (Å²) in [6.45, 7) is 1.92. The standard InChI is InChI=1S/C27H16ClN5O4S/c1-14-32-21-9-15(11-29)8-16(12-30)23(21)26(34)33(14)6-7-37-22-3-2-17(28)10-19(22)18-4-5-31-24-20(27(35)36)13-38-25(18)24/h2-5,8-10,13H,6-7H2,1H3,(H,35,36). The molecule has 2 aromatic carbocycles. The van der Waals surface area contributed by atoms with Crippen LogP contribution in [0.5, 0.6) is 5.75 Å². The molecule has 0 saturated heterocycles. The highest BCUT2D eigenvalue weighted by molar-refractivity contribution is 7.18. The molecule has 38 heavy (non-hydrogen) atoms. The van der Waals surface area contributed by atoms with Gasteiger partial charge in [0, 0.05) is 27.7 Å². The number of carbonyl (C=O) groups is 1. The van der Waals surface area contributed by atoms with Crippen molar-refractivity contribution in [3.63, 3.8) is 0 Å². The van der Waals surface area contributed by atoms with Crippen LogP contribution >= 0.6 is 22.9 Å². The summed E-state index contributed by atoms with van der Waals surface area (Å²) >= 11 is 7.56. The minimum Gasteiger partial charge on any atom is -0.491 e. The lowest BCUT2D eigenvalue weighted by Gasteiger charge is -2.15. The summed E-state index contributed by atoms with van der Waals surface area (Å²) in [6, 6.07) is 13.7. The van der Waals surface area contributed by atoms with Crippen molar-refractivity contribution in [1.29, 1.82) is 10.5 Å². The number of aromatic nitrogens is 3. The van der Waals surface area contributed by atoms with E-state index in [-0.39, 0.29) is 35.2 Å². The van der Waals surface area contributed by atoms with Crippen molar-refractivity contribution in [2.24, 2.45) is 0 Å². The van der Waals surface area contributed by atoms with Crippen molar-refractivity contribution in [3.8, 4) is 29.0 Å². The fourth-order valence-electron chi connectivity index (χ4n) is 4.25. The number of thiophene rings is 1. The number of rotatable bonds is 6. The van der Waals surface area contributed by atoms with Gasteiger partial charge in [-0.05, 0) is 43.3 Å². The number of nitriles is 2. The molecule has 0 unspecified atom stereocenters. The van der Waals surface area contributed by atoms with Gasteiger partial charge in [0.1, 0.15) is 24.3 Å². The van der Waals surface area contributed by atoms with Gasteiger partial charge in [-0.1, -0.05) is 11.6 Å². The summed E-state index contributed by atoms with van der Waals surface area (Å²) < 4.78 is 8.19. The lowest BCUT2D eigenvalue weighted by atomic mass is 10.0. The highest BCUT2D eigenvalue weighted by Crippen LogP contribution is 2.39. The Labute approximate surface area is 224 Å². The summed E-state index contributed by atoms with van der Waals surface area (Å²) in [4.78, 5) is 33.5. The van der Waals surface area contributed by atoms with Crippen molar-refractivity contribution >= 4 is 50.0 Å². The molecule has 0 aliphatic carbocycles. The number of fused-ring (bicyclic) bond motifs is 2. The van der Waals surface area contributed by atoms with E-state index in [0.29, 0.717) is 37.9 Å². The van der Waals surface area contributed by atoms with Crippen LogP contribution in [0.2, 0.25) is 5.02 Å². The first-order chi connectivity index (χ1) is 18.3. The monoisotopic (exact) mass is 541 g/mol. The SMILES string of the molecule is Cc1nc2cc(C#N)cc(C#N)c2c(=O)n1CCOc1ccc(Cl)cc1-c1ccnc2c(C(=O)O)csc12. The molecule has 0 aliphatic heterocycles. The summed E-state index contributed by atoms with van der Waals surface area (Å²) in [6.07, 6.45) is 1.54. The first-order valence-electron chi connectivity index (χ1n) is 11.2. The number of benzene rings is 2. The number of halogens is 1. The molecule has 0 atom stereocenters. The average molecular weight is 542 g/mol. The van der Waals surface area contributed by atoms with Gasteiger partial charge < -0.3 is 9.84 Å². The molecule has 0 aliphatic rings. The van der Waals surface area contributed by atoms with Gasteiger partial charge in [-0.2, -0.15) is 10.5 Å². The number of hydrogen-bond donors (Lipinski definition) is 1. The Hall–Kier alpha value is -4.77. The normalized spacial score (nSPS) is 10.8. The summed E-state index contributed by atoms with van der Waals surface area (Å²) in [7, 11) is 0. The molecule has 11 heteroatoms. The van der Waals surface area contributed by atoms with Gasteiger partial charge in [-0.3, -0.25) is 14.3 Å². The number of carboxylic acids is 1. The number of ether oxygens (including phenoxy) is 1. The van der Waals surface area contributed by atoms with Crippen LogP contribution in [-0.2, 0) is 6.54 Å². The Bertz CT molecular complexity index is 1920. The Morgan fingerprint density at radius 2 is 2.00 bits per heavy atom. The van der Waals surface area contributed by atoms with Gasteiger partial charge >= 0.3 is 5.97 Å². The van der Waals surface area contributed by atoms with Crippen LogP contribution in [0.3, 0.4) is 0 Å². The molecule has 186 valence electrons. The number of hydrogen-bond acceptors (Lipinski definition) is 8. The zero-order chi connectivity index (χ0) is 27.0. The molecule has 3 aromatic heterocycles. The third-order valence-corrected chi connectivity index (χ3v) is 7.23. The molecule has 0 spiro atoms. The van der Waals surface area contributed by atoms with Crippen molar-refractivity contribution in [2.75, 3.05) is 6.61 Å². The lowest BCUT2D eigenvalue weighted by molar-refractivity contribution is 0.0699. The highest BCUT2D eigenvalue weighted by atomic mass is 35.5. The minimum atomic E-state index is -1.06. The van der Waals surface area contributed by atoms with Gasteiger partial charge in [0.25, 0.3) is 5.56 Å². The Kier molecular flexibility index (Phi) is 6.52. The van der Waals surface area contributed by atoms with Crippen LogP contribution in [0.25, 0.3) is 32.2 Å². The molecule has 5 rings (SSSR count). The van der Waals surface area contributed by atoms with E-state index in [1.165, 1.54) is 34.2 Å². The second-order valence-electron chi connectivity index (χ2n) is 8.24. The first-order valence-corrected chi connectivity index (χ1v) is 12.5. The van der Waals surface area contributed by atoms with Crippen LogP contribution in [0.15, 0.2) is 52.8 Å². The van der Waals surface area contributed by atoms with E-state index < -0.39 is 11.5 Å². The molecule has 0 bridgehead atoms. The number of aryl methyl sites for hydroxylation is 1. The maximum atomic E-state index is 13.3. The van der Waals surface area contributed by atoms with Crippen LogP contribution in [0.1, 0.15) is 27.3 Å². The summed E-state index contributed by atoms with van der Waals surface area (Å²) in [5, 5.41) is 30.4. The molecule has 0 amide bonds. The second kappa shape index (κ2) is 9.94. The van der Waals surface area contributed by atoms with Crippen molar-refractivity contribution in [3.05, 3.63) is 85.9 Å². The van der Waals surface area contributed by atoms with Gasteiger partial charge in [-0.25, -0.2) is 9.78 Å². The van der Waals surface area contributed by atoms with Crippen LogP contribution in [-0.4, -0.2) is 32.2 Å². The molecule has 3 heterocycles. The predicted molar refractivity (Wildman–Crippen MR) is 143 cm³/mol. The third-order valence-electron chi connectivity index (χ3n) is 5.99. The molecule has 0 radical (unpaired) electrons. The van der Waals surface area contributed by atoms with Gasteiger partial charge in [0.2, 0.25) is 0 Å². The third kappa shape index (κ3) is 4.33. The molecule has 9 nitrogen and oxygen atoms in total. The number of pyridine rings is 1. The quantitative estimate of drug-likeness (QED) is 0.311. The summed E-state index contributed by atoms with van der Waals surface area (Å²) in [5.74, 6) is -0.156. The van der Waals surface area contributed by atoms with E-state index in [4.69, 9.17) is 16.3 Å². The minimum absolute atomic E-state index is 0.0876. The number of carboxylic acid groups (broad SMARTS) is 1. The van der Waals surface area contributed by atoms with E-state index in [0.717, 1.165) is 5.56 Å². The Balaban J connectivity index is 1.49. The zero-order valence-corrected chi connectivity index (χ0v) is 21.3. The van der Waals surface area contributed by atoms with Gasteiger partial charge in [0.15, 0.2) is 0 Å². The Morgan fingerprint density at radius 3 is 2.74 bits per heavy atom. The average Bonchev–Trinajstić information content (AvgIpc) is 3.35. The summed E-state index contributed by atoms with van der Waals surface area (Å²) in [5.41, 5.74) is 2.10. The molecular weight excluding hydrogens is 526 g/mol. The van der Waals surface area contributed by atoms with E-state index >= 15 is 0 Å².